The van der Waals surface area contributed by atoms with E-state index in [1.54, 1.807) is 7.11 Å². The highest BCUT2D eigenvalue weighted by molar-refractivity contribution is 5.81. The molecule has 2 atom stereocenters. The van der Waals surface area contributed by atoms with E-state index in [1.807, 2.05) is 31.2 Å². The SMILES string of the molecule is CCCC[C@@H](CC)CNC(=O)[C@@H](CC)Oc1ccccc1OC. The quantitative estimate of drug-likeness (QED) is 0.665. The maximum Gasteiger partial charge on any atom is 0.261 e. The molecule has 4 heteroatoms. The molecule has 1 rings (SSSR count). The molecule has 0 aliphatic heterocycles. The first-order chi connectivity index (χ1) is 11.2. The first kappa shape index (κ1) is 19.3. The first-order valence-electron chi connectivity index (χ1n) is 8.73. The number of benzene rings is 1. The number of methoxy groups -OCH3 is 1. The van der Waals surface area contributed by atoms with Crippen LogP contribution in [0.1, 0.15) is 52.9 Å². The normalized spacial score (nSPS) is 13.2. The van der Waals surface area contributed by atoms with Crippen LogP contribution in [0, 0.1) is 5.92 Å². The fourth-order valence-corrected chi connectivity index (χ4v) is 2.49. The summed E-state index contributed by atoms with van der Waals surface area (Å²) >= 11 is 0. The Bertz CT molecular complexity index is 462. The summed E-state index contributed by atoms with van der Waals surface area (Å²) in [5, 5.41) is 3.05. The zero-order valence-corrected chi connectivity index (χ0v) is 14.9. The molecule has 0 fully saturated rings. The average molecular weight is 321 g/mol. The lowest BCUT2D eigenvalue weighted by Gasteiger charge is -2.21. The summed E-state index contributed by atoms with van der Waals surface area (Å²) in [4.78, 5) is 12.4. The summed E-state index contributed by atoms with van der Waals surface area (Å²) in [6.07, 6.45) is 4.79. The number of carbonyl (C=O) groups is 1. The van der Waals surface area contributed by atoms with Crippen LogP contribution >= 0.6 is 0 Å². The van der Waals surface area contributed by atoms with Crippen molar-refractivity contribution < 1.29 is 14.3 Å². The van der Waals surface area contributed by atoms with Crippen molar-refractivity contribution in [3.05, 3.63) is 24.3 Å². The summed E-state index contributed by atoms with van der Waals surface area (Å²) in [6, 6.07) is 7.41. The van der Waals surface area contributed by atoms with Crippen molar-refractivity contribution in [2.24, 2.45) is 5.92 Å². The minimum Gasteiger partial charge on any atom is -0.493 e. The van der Waals surface area contributed by atoms with Crippen LogP contribution in [-0.2, 0) is 4.79 Å². The largest absolute Gasteiger partial charge is 0.493 e. The number of carbonyl (C=O) groups excluding carboxylic acids is 1. The molecule has 0 aliphatic rings. The van der Waals surface area contributed by atoms with Gasteiger partial charge in [0, 0.05) is 6.54 Å². The van der Waals surface area contributed by atoms with Crippen molar-refractivity contribution in [2.75, 3.05) is 13.7 Å². The van der Waals surface area contributed by atoms with E-state index in [0.717, 1.165) is 19.4 Å². The Labute approximate surface area is 140 Å². The molecule has 0 bridgehead atoms. The van der Waals surface area contributed by atoms with Crippen molar-refractivity contribution >= 4 is 5.91 Å². The summed E-state index contributed by atoms with van der Waals surface area (Å²) in [7, 11) is 1.60. The second kappa shape index (κ2) is 10.9. The second-order valence-electron chi connectivity index (χ2n) is 5.83. The number of rotatable bonds is 11. The number of para-hydroxylation sites is 2. The smallest absolute Gasteiger partial charge is 0.261 e. The van der Waals surface area contributed by atoms with E-state index in [9.17, 15) is 4.79 Å². The maximum absolute atomic E-state index is 12.4. The van der Waals surface area contributed by atoms with Crippen molar-refractivity contribution in [2.45, 2.75) is 59.0 Å². The van der Waals surface area contributed by atoms with Gasteiger partial charge in [0.2, 0.25) is 0 Å². The first-order valence-corrected chi connectivity index (χ1v) is 8.73. The molecule has 1 aromatic rings. The highest BCUT2D eigenvalue weighted by Gasteiger charge is 2.20. The van der Waals surface area contributed by atoms with Gasteiger partial charge in [0.25, 0.3) is 5.91 Å². The molecule has 0 aromatic heterocycles. The predicted molar refractivity (Wildman–Crippen MR) is 94.0 cm³/mol. The van der Waals surface area contributed by atoms with E-state index >= 15 is 0 Å². The zero-order chi connectivity index (χ0) is 17.1. The molecule has 0 aliphatic carbocycles. The molecule has 0 spiro atoms. The molecule has 130 valence electrons. The lowest BCUT2D eigenvalue weighted by Crippen LogP contribution is -2.40. The van der Waals surface area contributed by atoms with Gasteiger partial charge in [-0.1, -0.05) is 52.2 Å². The van der Waals surface area contributed by atoms with Gasteiger partial charge >= 0.3 is 0 Å². The Hall–Kier alpha value is -1.71. The molecule has 1 N–H and O–H groups in total. The molecule has 0 radical (unpaired) electrons. The summed E-state index contributed by atoms with van der Waals surface area (Å²) < 4.78 is 11.1. The molecule has 0 unspecified atom stereocenters. The van der Waals surface area contributed by atoms with E-state index < -0.39 is 6.10 Å². The van der Waals surface area contributed by atoms with Crippen LogP contribution in [0.15, 0.2) is 24.3 Å². The van der Waals surface area contributed by atoms with Gasteiger partial charge in [-0.25, -0.2) is 0 Å². The lowest BCUT2D eigenvalue weighted by molar-refractivity contribution is -0.128. The molecule has 23 heavy (non-hydrogen) atoms. The van der Waals surface area contributed by atoms with Crippen molar-refractivity contribution in [3.63, 3.8) is 0 Å². The highest BCUT2D eigenvalue weighted by Crippen LogP contribution is 2.27. The Balaban J connectivity index is 2.57. The third-order valence-corrected chi connectivity index (χ3v) is 4.11. The minimum atomic E-state index is -0.491. The lowest BCUT2D eigenvalue weighted by atomic mass is 9.99. The number of hydrogen-bond donors (Lipinski definition) is 1. The van der Waals surface area contributed by atoms with Crippen molar-refractivity contribution in [1.29, 1.82) is 0 Å². The van der Waals surface area contributed by atoms with Gasteiger partial charge in [0.05, 0.1) is 7.11 Å². The van der Waals surface area contributed by atoms with E-state index in [2.05, 4.69) is 19.2 Å². The van der Waals surface area contributed by atoms with Gasteiger partial charge in [-0.2, -0.15) is 0 Å². The van der Waals surface area contributed by atoms with E-state index in [4.69, 9.17) is 9.47 Å². The van der Waals surface area contributed by atoms with Crippen molar-refractivity contribution in [1.82, 2.24) is 5.32 Å². The maximum atomic E-state index is 12.4. The molecule has 4 nitrogen and oxygen atoms in total. The fraction of sp³-hybridized carbons (Fsp3) is 0.632. The second-order valence-corrected chi connectivity index (χ2v) is 5.83. The van der Waals surface area contributed by atoms with Crippen LogP contribution in [0.3, 0.4) is 0 Å². The van der Waals surface area contributed by atoms with Crippen LogP contribution in [0.25, 0.3) is 0 Å². The molecule has 1 amide bonds. The Morgan fingerprint density at radius 2 is 1.83 bits per heavy atom. The standard InChI is InChI=1S/C19H31NO3/c1-5-8-11-15(6-2)14-20-19(21)16(7-3)23-18-13-10-9-12-17(18)22-4/h9-10,12-13,15-16H,5-8,11,14H2,1-4H3,(H,20,21)/t15-,16-/m1/s1. The molecule has 0 saturated carbocycles. The van der Waals surface area contributed by atoms with E-state index in [-0.39, 0.29) is 5.91 Å². The zero-order valence-electron chi connectivity index (χ0n) is 14.9. The summed E-state index contributed by atoms with van der Waals surface area (Å²) in [5.41, 5.74) is 0. The number of nitrogens with one attached hydrogen (secondary N) is 1. The number of hydrogen-bond acceptors (Lipinski definition) is 3. The van der Waals surface area contributed by atoms with Crippen LogP contribution in [-0.4, -0.2) is 25.7 Å². The number of unbranched alkanes of at least 4 members (excludes halogenated alkanes) is 1. The monoisotopic (exact) mass is 321 g/mol. The third kappa shape index (κ3) is 6.51. The van der Waals surface area contributed by atoms with Gasteiger partial charge in [0.15, 0.2) is 17.6 Å². The predicted octanol–water partition coefficient (Wildman–Crippen LogP) is 4.19. The summed E-state index contributed by atoms with van der Waals surface area (Å²) in [5.74, 6) is 1.75. The van der Waals surface area contributed by atoms with Crippen LogP contribution in [0.4, 0.5) is 0 Å². The van der Waals surface area contributed by atoms with Gasteiger partial charge in [-0.3, -0.25) is 4.79 Å². The fourth-order valence-electron chi connectivity index (χ4n) is 2.49. The number of amides is 1. The Morgan fingerprint density at radius 3 is 2.39 bits per heavy atom. The minimum absolute atomic E-state index is 0.0478. The van der Waals surface area contributed by atoms with E-state index in [0.29, 0.717) is 23.8 Å². The van der Waals surface area contributed by atoms with Crippen molar-refractivity contribution in [3.8, 4) is 11.5 Å². The molecule has 0 heterocycles. The molecule has 1 aromatic carbocycles. The Kier molecular flexibility index (Phi) is 9.18. The highest BCUT2D eigenvalue weighted by atomic mass is 16.5. The Morgan fingerprint density at radius 1 is 1.13 bits per heavy atom. The molecular formula is C19H31NO3. The van der Waals surface area contributed by atoms with Gasteiger partial charge in [0.1, 0.15) is 0 Å². The van der Waals surface area contributed by atoms with Crippen LogP contribution < -0.4 is 14.8 Å². The molecule has 0 saturated heterocycles. The molecular weight excluding hydrogens is 290 g/mol. The number of ether oxygens (including phenoxy) is 2. The van der Waals surface area contributed by atoms with Gasteiger partial charge in [-0.05, 0) is 30.9 Å². The van der Waals surface area contributed by atoms with Gasteiger partial charge in [-0.15, -0.1) is 0 Å². The van der Waals surface area contributed by atoms with Gasteiger partial charge < -0.3 is 14.8 Å². The van der Waals surface area contributed by atoms with E-state index in [1.165, 1.54) is 12.8 Å². The topological polar surface area (TPSA) is 47.6 Å². The average Bonchev–Trinajstić information content (AvgIpc) is 2.59. The van der Waals surface area contributed by atoms with Crippen LogP contribution in [0.5, 0.6) is 11.5 Å². The third-order valence-electron chi connectivity index (χ3n) is 4.11. The summed E-state index contributed by atoms with van der Waals surface area (Å²) in [6.45, 7) is 7.05. The van der Waals surface area contributed by atoms with Crippen LogP contribution in [0.2, 0.25) is 0 Å².